The Balaban J connectivity index is 2.39. The van der Waals surface area contributed by atoms with Crippen LogP contribution in [0.1, 0.15) is 11.1 Å². The molecule has 0 aromatic heterocycles. The normalized spacial score (nSPS) is 10.3. The Hall–Kier alpha value is -2.41. The average molecular weight is 259 g/mol. The maximum atomic E-state index is 12.2. The van der Waals surface area contributed by atoms with Gasteiger partial charge in [0.05, 0.1) is 5.56 Å². The molecule has 0 aliphatic heterocycles. The number of rotatable bonds is 3. The standard InChI is InChI=1S/C15H11F2NO/c1-10-2-4-11(5-3-10)12-6-7-14(19-15(16)17)13(8-12)9-18/h2-8,15H,1H3. The van der Waals surface area contributed by atoms with Crippen molar-refractivity contribution in [2.75, 3.05) is 0 Å². The molecule has 2 aromatic carbocycles. The third kappa shape index (κ3) is 3.08. The van der Waals surface area contributed by atoms with Gasteiger partial charge in [-0.05, 0) is 30.2 Å². The third-order valence-electron chi connectivity index (χ3n) is 2.70. The summed E-state index contributed by atoms with van der Waals surface area (Å²) in [6, 6.07) is 14.2. The van der Waals surface area contributed by atoms with Gasteiger partial charge in [-0.1, -0.05) is 35.9 Å². The average Bonchev–Trinajstić information content (AvgIpc) is 2.39. The van der Waals surface area contributed by atoms with Gasteiger partial charge < -0.3 is 4.74 Å². The third-order valence-corrected chi connectivity index (χ3v) is 2.70. The summed E-state index contributed by atoms with van der Waals surface area (Å²) in [7, 11) is 0. The highest BCUT2D eigenvalue weighted by atomic mass is 19.3. The molecule has 0 spiro atoms. The number of benzene rings is 2. The van der Waals surface area contributed by atoms with E-state index in [0.717, 1.165) is 16.7 Å². The van der Waals surface area contributed by atoms with E-state index in [0.29, 0.717) is 0 Å². The van der Waals surface area contributed by atoms with Gasteiger partial charge in [0, 0.05) is 0 Å². The minimum atomic E-state index is -2.93. The van der Waals surface area contributed by atoms with E-state index in [2.05, 4.69) is 4.74 Å². The van der Waals surface area contributed by atoms with Gasteiger partial charge >= 0.3 is 6.61 Å². The van der Waals surface area contributed by atoms with Crippen molar-refractivity contribution < 1.29 is 13.5 Å². The molecule has 2 aromatic rings. The number of ether oxygens (including phenoxy) is 1. The number of alkyl halides is 2. The van der Waals surface area contributed by atoms with Crippen LogP contribution >= 0.6 is 0 Å². The summed E-state index contributed by atoms with van der Waals surface area (Å²) in [4.78, 5) is 0. The summed E-state index contributed by atoms with van der Waals surface area (Å²) in [6.07, 6.45) is 0. The van der Waals surface area contributed by atoms with Crippen LogP contribution in [0.4, 0.5) is 8.78 Å². The Kier molecular flexibility index (Phi) is 3.76. The second kappa shape index (κ2) is 5.49. The van der Waals surface area contributed by atoms with Crippen LogP contribution in [0.25, 0.3) is 11.1 Å². The zero-order chi connectivity index (χ0) is 13.8. The molecule has 19 heavy (non-hydrogen) atoms. The van der Waals surface area contributed by atoms with E-state index in [4.69, 9.17) is 5.26 Å². The second-order valence-corrected chi connectivity index (χ2v) is 4.07. The molecule has 0 atom stereocenters. The maximum absolute atomic E-state index is 12.2. The van der Waals surface area contributed by atoms with Gasteiger partial charge in [0.1, 0.15) is 11.8 Å². The lowest BCUT2D eigenvalue weighted by molar-refractivity contribution is -0.0500. The lowest BCUT2D eigenvalue weighted by Gasteiger charge is -2.08. The van der Waals surface area contributed by atoms with Gasteiger partial charge in [-0.3, -0.25) is 0 Å². The van der Waals surface area contributed by atoms with Crippen molar-refractivity contribution in [1.29, 1.82) is 5.26 Å². The molecular formula is C15H11F2NO. The highest BCUT2D eigenvalue weighted by molar-refractivity contribution is 5.67. The summed E-state index contributed by atoms with van der Waals surface area (Å²) < 4.78 is 28.6. The fourth-order valence-electron chi connectivity index (χ4n) is 1.74. The Labute approximate surface area is 109 Å². The summed E-state index contributed by atoms with van der Waals surface area (Å²) in [6.45, 7) is -0.957. The minimum Gasteiger partial charge on any atom is -0.433 e. The first-order chi connectivity index (χ1) is 9.10. The molecule has 0 N–H and O–H groups in total. The summed E-state index contributed by atoms with van der Waals surface area (Å²) >= 11 is 0. The molecule has 0 aliphatic carbocycles. The van der Waals surface area contributed by atoms with Crippen LogP contribution in [0, 0.1) is 18.3 Å². The molecule has 0 unspecified atom stereocenters. The Morgan fingerprint density at radius 2 is 1.68 bits per heavy atom. The topological polar surface area (TPSA) is 33.0 Å². The van der Waals surface area contributed by atoms with E-state index < -0.39 is 6.61 Å². The molecule has 0 saturated heterocycles. The van der Waals surface area contributed by atoms with E-state index in [1.165, 1.54) is 6.07 Å². The second-order valence-electron chi connectivity index (χ2n) is 4.07. The van der Waals surface area contributed by atoms with E-state index >= 15 is 0 Å². The van der Waals surface area contributed by atoms with Crippen LogP contribution in [-0.2, 0) is 0 Å². The molecule has 4 heteroatoms. The lowest BCUT2D eigenvalue weighted by atomic mass is 10.0. The molecule has 0 bridgehead atoms. The Morgan fingerprint density at radius 1 is 1.05 bits per heavy atom. The molecule has 0 aliphatic rings. The molecule has 0 fully saturated rings. The summed E-state index contributed by atoms with van der Waals surface area (Å²) in [5.74, 6) is -0.103. The summed E-state index contributed by atoms with van der Waals surface area (Å²) in [5, 5.41) is 8.97. The van der Waals surface area contributed by atoms with Crippen LogP contribution < -0.4 is 4.74 Å². The molecular weight excluding hydrogens is 248 g/mol. The van der Waals surface area contributed by atoms with Crippen molar-refractivity contribution in [3.05, 3.63) is 53.6 Å². The van der Waals surface area contributed by atoms with Gasteiger partial charge in [-0.2, -0.15) is 14.0 Å². The smallest absolute Gasteiger partial charge is 0.387 e. The van der Waals surface area contributed by atoms with Crippen LogP contribution in [0.5, 0.6) is 5.75 Å². The van der Waals surface area contributed by atoms with Crippen molar-refractivity contribution >= 4 is 0 Å². The zero-order valence-electron chi connectivity index (χ0n) is 10.2. The zero-order valence-corrected chi connectivity index (χ0v) is 10.2. The van der Waals surface area contributed by atoms with E-state index in [1.54, 1.807) is 12.1 Å². The Morgan fingerprint density at radius 3 is 2.26 bits per heavy atom. The van der Waals surface area contributed by atoms with Crippen molar-refractivity contribution in [2.24, 2.45) is 0 Å². The molecule has 2 rings (SSSR count). The largest absolute Gasteiger partial charge is 0.433 e. The van der Waals surface area contributed by atoms with E-state index in [9.17, 15) is 8.78 Å². The highest BCUT2D eigenvalue weighted by Gasteiger charge is 2.10. The lowest BCUT2D eigenvalue weighted by Crippen LogP contribution is -2.03. The number of aryl methyl sites for hydroxylation is 1. The first-order valence-electron chi connectivity index (χ1n) is 5.66. The fourth-order valence-corrected chi connectivity index (χ4v) is 1.74. The van der Waals surface area contributed by atoms with Crippen molar-refractivity contribution in [3.8, 4) is 22.9 Å². The predicted octanol–water partition coefficient (Wildman–Crippen LogP) is 4.14. The van der Waals surface area contributed by atoms with Crippen molar-refractivity contribution in [1.82, 2.24) is 0 Å². The fraction of sp³-hybridized carbons (Fsp3) is 0.133. The quantitative estimate of drug-likeness (QED) is 0.830. The van der Waals surface area contributed by atoms with Crippen molar-refractivity contribution in [2.45, 2.75) is 13.5 Å². The molecule has 0 saturated carbocycles. The molecule has 96 valence electrons. The number of nitrogens with zero attached hydrogens (tertiary/aromatic N) is 1. The monoisotopic (exact) mass is 259 g/mol. The molecule has 0 radical (unpaired) electrons. The van der Waals surface area contributed by atoms with E-state index in [-0.39, 0.29) is 11.3 Å². The Bertz CT molecular complexity index is 615. The first-order valence-corrected chi connectivity index (χ1v) is 5.66. The first kappa shape index (κ1) is 13.0. The summed E-state index contributed by atoms with van der Waals surface area (Å²) in [5.41, 5.74) is 2.93. The van der Waals surface area contributed by atoms with Gasteiger partial charge in [0.25, 0.3) is 0 Å². The number of hydrogen-bond donors (Lipinski definition) is 0. The van der Waals surface area contributed by atoms with Crippen LogP contribution in [-0.4, -0.2) is 6.61 Å². The minimum absolute atomic E-state index is 0.0957. The van der Waals surface area contributed by atoms with Crippen molar-refractivity contribution in [3.63, 3.8) is 0 Å². The van der Waals surface area contributed by atoms with Crippen LogP contribution in [0.3, 0.4) is 0 Å². The maximum Gasteiger partial charge on any atom is 0.387 e. The predicted molar refractivity (Wildman–Crippen MR) is 68.0 cm³/mol. The number of hydrogen-bond acceptors (Lipinski definition) is 2. The van der Waals surface area contributed by atoms with Gasteiger partial charge in [0.2, 0.25) is 0 Å². The van der Waals surface area contributed by atoms with Gasteiger partial charge in [0.15, 0.2) is 0 Å². The van der Waals surface area contributed by atoms with Crippen LogP contribution in [0.2, 0.25) is 0 Å². The molecule has 2 nitrogen and oxygen atoms in total. The highest BCUT2D eigenvalue weighted by Crippen LogP contribution is 2.27. The van der Waals surface area contributed by atoms with Gasteiger partial charge in [-0.15, -0.1) is 0 Å². The van der Waals surface area contributed by atoms with E-state index in [1.807, 2.05) is 37.3 Å². The number of nitriles is 1. The SMILES string of the molecule is Cc1ccc(-c2ccc(OC(F)F)c(C#N)c2)cc1. The molecule has 0 heterocycles. The number of halogens is 2. The molecule has 0 amide bonds. The van der Waals surface area contributed by atoms with Crippen LogP contribution in [0.15, 0.2) is 42.5 Å². The van der Waals surface area contributed by atoms with Gasteiger partial charge in [-0.25, -0.2) is 0 Å².